The minimum atomic E-state index is -0.958. The molecule has 8 nitrogen and oxygen atoms in total. The first kappa shape index (κ1) is 26.1. The third-order valence-corrected chi connectivity index (χ3v) is 6.45. The molecule has 2 unspecified atom stereocenters. The number of halogens is 1. The number of methoxy groups -OCH3 is 1. The van der Waals surface area contributed by atoms with Crippen molar-refractivity contribution >= 4 is 11.8 Å². The summed E-state index contributed by atoms with van der Waals surface area (Å²) < 4.78 is 25.2. The number of hydrogen-bond donors (Lipinski definition) is 4. The number of aryl methyl sites for hydroxylation is 2. The Morgan fingerprint density at radius 1 is 1.03 bits per heavy atom. The van der Waals surface area contributed by atoms with Crippen LogP contribution in [0.4, 0.5) is 4.39 Å². The number of phenolic OH excluding ortho intramolecular Hbond substituents is 2. The molecule has 0 aromatic heterocycles. The lowest BCUT2D eigenvalue weighted by atomic mass is 10.0. The van der Waals surface area contributed by atoms with Crippen molar-refractivity contribution in [3.63, 3.8) is 0 Å². The molecule has 37 heavy (non-hydrogen) atoms. The standard InChI is InChI=1S/C28H29FN2O6/c1-15-10-17(11-16(2)26(15)33)12-31-20-13-30-14-23(20)37-28(35)19-6-4-18(5-7-19)27(34)24-21(32)8-9-22(36-3)25(24)29/h4-11,20,23,30-33H,12-14H2,1-3H3. The number of rotatable bonds is 8. The molecule has 0 aliphatic carbocycles. The van der Waals surface area contributed by atoms with Crippen molar-refractivity contribution in [1.82, 2.24) is 10.6 Å². The molecule has 1 saturated heterocycles. The molecule has 3 aromatic carbocycles. The van der Waals surface area contributed by atoms with Crippen LogP contribution >= 0.6 is 0 Å². The SMILES string of the molecule is COc1ccc(O)c(C(=O)c2ccc(C(=O)OC3CNCC3NCc3cc(C)c(O)c(C)c3)cc2)c1F. The third-order valence-electron chi connectivity index (χ3n) is 6.45. The molecule has 2 atom stereocenters. The summed E-state index contributed by atoms with van der Waals surface area (Å²) in [7, 11) is 1.26. The fourth-order valence-electron chi connectivity index (χ4n) is 4.41. The van der Waals surface area contributed by atoms with Gasteiger partial charge in [0.05, 0.1) is 18.7 Å². The van der Waals surface area contributed by atoms with E-state index in [2.05, 4.69) is 10.6 Å². The van der Waals surface area contributed by atoms with E-state index < -0.39 is 35.0 Å². The normalized spacial score (nSPS) is 17.0. The molecule has 1 aliphatic rings. The Balaban J connectivity index is 1.40. The molecule has 9 heteroatoms. The number of ketones is 1. The first-order valence-electron chi connectivity index (χ1n) is 11.8. The Labute approximate surface area is 214 Å². The van der Waals surface area contributed by atoms with Crippen LogP contribution in [-0.2, 0) is 11.3 Å². The Hall–Kier alpha value is -3.95. The average molecular weight is 509 g/mol. The number of esters is 1. The van der Waals surface area contributed by atoms with Gasteiger partial charge in [-0.25, -0.2) is 9.18 Å². The highest BCUT2D eigenvalue weighted by molar-refractivity contribution is 6.11. The van der Waals surface area contributed by atoms with E-state index in [0.717, 1.165) is 16.7 Å². The molecule has 1 aliphatic heterocycles. The molecular formula is C28H29FN2O6. The summed E-state index contributed by atoms with van der Waals surface area (Å²) in [4.78, 5) is 25.6. The molecule has 0 radical (unpaired) electrons. The zero-order valence-electron chi connectivity index (χ0n) is 20.8. The second-order valence-corrected chi connectivity index (χ2v) is 9.05. The first-order chi connectivity index (χ1) is 17.7. The Morgan fingerprint density at radius 3 is 2.32 bits per heavy atom. The van der Waals surface area contributed by atoms with E-state index in [1.807, 2.05) is 26.0 Å². The maximum Gasteiger partial charge on any atom is 0.338 e. The Kier molecular flexibility index (Phi) is 7.75. The molecule has 1 heterocycles. The second kappa shape index (κ2) is 11.0. The minimum absolute atomic E-state index is 0.0977. The van der Waals surface area contributed by atoms with Crippen molar-refractivity contribution in [3.8, 4) is 17.2 Å². The van der Waals surface area contributed by atoms with Crippen molar-refractivity contribution < 1.29 is 33.7 Å². The smallest absolute Gasteiger partial charge is 0.338 e. The van der Waals surface area contributed by atoms with Gasteiger partial charge >= 0.3 is 5.97 Å². The van der Waals surface area contributed by atoms with E-state index in [0.29, 0.717) is 19.6 Å². The van der Waals surface area contributed by atoms with Gasteiger partial charge in [0.2, 0.25) is 0 Å². The van der Waals surface area contributed by atoms with Gasteiger partial charge in [-0.3, -0.25) is 4.79 Å². The second-order valence-electron chi connectivity index (χ2n) is 9.05. The number of hydrogen-bond acceptors (Lipinski definition) is 8. The summed E-state index contributed by atoms with van der Waals surface area (Å²) in [6.45, 7) is 5.36. The van der Waals surface area contributed by atoms with Crippen LogP contribution in [0.3, 0.4) is 0 Å². The van der Waals surface area contributed by atoms with Crippen LogP contribution < -0.4 is 15.4 Å². The summed E-state index contributed by atoms with van der Waals surface area (Å²) in [6, 6.07) is 11.8. The number of carbonyl (C=O) groups is 2. The van der Waals surface area contributed by atoms with E-state index in [1.165, 1.54) is 43.5 Å². The molecule has 1 fully saturated rings. The zero-order chi connectivity index (χ0) is 26.7. The van der Waals surface area contributed by atoms with Crippen molar-refractivity contribution in [2.24, 2.45) is 0 Å². The van der Waals surface area contributed by atoms with Crippen molar-refractivity contribution in [1.29, 1.82) is 0 Å². The molecule has 0 amide bonds. The van der Waals surface area contributed by atoms with E-state index in [1.54, 1.807) is 0 Å². The van der Waals surface area contributed by atoms with Gasteiger partial charge in [0.1, 0.15) is 23.2 Å². The van der Waals surface area contributed by atoms with E-state index in [9.17, 15) is 24.2 Å². The lowest BCUT2D eigenvalue weighted by Gasteiger charge is -2.21. The van der Waals surface area contributed by atoms with Gasteiger partial charge in [0.25, 0.3) is 0 Å². The summed E-state index contributed by atoms with van der Waals surface area (Å²) in [6.07, 6.45) is -0.407. The van der Waals surface area contributed by atoms with E-state index in [-0.39, 0.29) is 28.7 Å². The first-order valence-corrected chi connectivity index (χ1v) is 11.8. The van der Waals surface area contributed by atoms with Crippen molar-refractivity contribution in [2.45, 2.75) is 32.5 Å². The largest absolute Gasteiger partial charge is 0.507 e. The zero-order valence-corrected chi connectivity index (χ0v) is 20.8. The van der Waals surface area contributed by atoms with Crippen LogP contribution in [0.25, 0.3) is 0 Å². The van der Waals surface area contributed by atoms with Gasteiger partial charge < -0.3 is 30.3 Å². The van der Waals surface area contributed by atoms with Crippen LogP contribution in [0.1, 0.15) is 43.0 Å². The maximum absolute atomic E-state index is 14.6. The minimum Gasteiger partial charge on any atom is -0.507 e. The topological polar surface area (TPSA) is 117 Å². The molecule has 4 rings (SSSR count). The van der Waals surface area contributed by atoms with Crippen LogP contribution in [0.2, 0.25) is 0 Å². The number of nitrogens with one attached hydrogen (secondary N) is 2. The molecule has 3 aromatic rings. The van der Waals surface area contributed by atoms with E-state index >= 15 is 0 Å². The molecule has 0 saturated carbocycles. The van der Waals surface area contributed by atoms with Crippen LogP contribution in [0, 0.1) is 19.7 Å². The molecule has 4 N–H and O–H groups in total. The van der Waals surface area contributed by atoms with Crippen molar-refractivity contribution in [2.75, 3.05) is 20.2 Å². The van der Waals surface area contributed by atoms with Gasteiger partial charge in [-0.1, -0.05) is 24.3 Å². The summed E-state index contributed by atoms with van der Waals surface area (Å²) in [5, 5.41) is 26.6. The number of ether oxygens (including phenoxy) is 2. The summed E-state index contributed by atoms with van der Waals surface area (Å²) in [5.41, 5.74) is 2.46. The number of phenols is 2. The lowest BCUT2D eigenvalue weighted by Crippen LogP contribution is -2.41. The number of benzene rings is 3. The fraction of sp³-hybridized carbons (Fsp3) is 0.286. The van der Waals surface area contributed by atoms with Crippen LogP contribution in [-0.4, -0.2) is 54.3 Å². The highest BCUT2D eigenvalue weighted by atomic mass is 19.1. The van der Waals surface area contributed by atoms with E-state index in [4.69, 9.17) is 9.47 Å². The predicted octanol–water partition coefficient (Wildman–Crippen LogP) is 3.38. The van der Waals surface area contributed by atoms with Gasteiger partial charge in [-0.15, -0.1) is 0 Å². The van der Waals surface area contributed by atoms with Gasteiger partial charge in [0, 0.05) is 25.2 Å². The molecule has 0 spiro atoms. The highest BCUT2D eigenvalue weighted by Crippen LogP contribution is 2.30. The van der Waals surface area contributed by atoms with Crippen molar-refractivity contribution in [3.05, 3.63) is 87.7 Å². The number of carbonyl (C=O) groups excluding carboxylic acids is 2. The maximum atomic E-state index is 14.6. The van der Waals surface area contributed by atoms with Crippen LogP contribution in [0.5, 0.6) is 17.2 Å². The number of aromatic hydroxyl groups is 2. The Bertz CT molecular complexity index is 1300. The monoisotopic (exact) mass is 508 g/mol. The van der Waals surface area contributed by atoms with Gasteiger partial charge in [-0.2, -0.15) is 0 Å². The van der Waals surface area contributed by atoms with Gasteiger partial charge in [-0.05, 0) is 54.8 Å². The third kappa shape index (κ3) is 5.58. The van der Waals surface area contributed by atoms with Crippen LogP contribution in [0.15, 0.2) is 48.5 Å². The summed E-state index contributed by atoms with van der Waals surface area (Å²) >= 11 is 0. The lowest BCUT2D eigenvalue weighted by molar-refractivity contribution is 0.0287. The highest BCUT2D eigenvalue weighted by Gasteiger charge is 2.30. The predicted molar refractivity (Wildman–Crippen MR) is 135 cm³/mol. The molecule has 0 bridgehead atoms. The van der Waals surface area contributed by atoms with Gasteiger partial charge in [0.15, 0.2) is 17.3 Å². The average Bonchev–Trinajstić information content (AvgIpc) is 3.32. The summed E-state index contributed by atoms with van der Waals surface area (Å²) in [5.74, 6) is -2.62. The Morgan fingerprint density at radius 2 is 1.68 bits per heavy atom. The molecular weight excluding hydrogens is 479 g/mol. The molecule has 194 valence electrons. The fourth-order valence-corrected chi connectivity index (χ4v) is 4.41. The quantitative estimate of drug-likeness (QED) is 0.270.